The number of amides is 1. The van der Waals surface area contributed by atoms with Crippen molar-refractivity contribution in [1.82, 2.24) is 9.80 Å². The summed E-state index contributed by atoms with van der Waals surface area (Å²) in [5.41, 5.74) is 3.64. The van der Waals surface area contributed by atoms with E-state index in [2.05, 4.69) is 36.1 Å². The summed E-state index contributed by atoms with van der Waals surface area (Å²) in [5.74, 6) is 1.82. The Morgan fingerprint density at radius 1 is 1.00 bits per heavy atom. The van der Waals surface area contributed by atoms with Crippen LogP contribution in [-0.2, 0) is 4.79 Å². The summed E-state index contributed by atoms with van der Waals surface area (Å²) in [5, 5.41) is 10.9. The van der Waals surface area contributed by atoms with Crippen molar-refractivity contribution in [2.75, 3.05) is 39.8 Å². The lowest BCUT2D eigenvalue weighted by molar-refractivity contribution is -0.128. The lowest BCUT2D eigenvalue weighted by Crippen LogP contribution is -2.45. The summed E-state index contributed by atoms with van der Waals surface area (Å²) < 4.78 is 5.27. The molecule has 2 aromatic rings. The molecule has 5 nitrogen and oxygen atoms in total. The third-order valence-electron chi connectivity index (χ3n) is 7.51. The van der Waals surface area contributed by atoms with Crippen molar-refractivity contribution in [3.63, 3.8) is 0 Å². The van der Waals surface area contributed by atoms with Gasteiger partial charge < -0.3 is 19.6 Å². The molecule has 1 atom stereocenters. The Morgan fingerprint density at radius 2 is 1.65 bits per heavy atom. The van der Waals surface area contributed by atoms with E-state index in [-0.39, 0.29) is 17.9 Å². The number of methoxy groups -OCH3 is 1. The Bertz CT molecular complexity index is 938. The molecule has 2 heterocycles. The Balaban J connectivity index is 1.18. The fourth-order valence-electron chi connectivity index (χ4n) is 5.19. The minimum Gasteiger partial charge on any atom is -0.497 e. The van der Waals surface area contributed by atoms with Gasteiger partial charge in [-0.2, -0.15) is 0 Å². The number of benzene rings is 2. The molecule has 0 saturated carbocycles. The van der Waals surface area contributed by atoms with E-state index in [0.29, 0.717) is 5.92 Å². The number of likely N-dealkylation sites (tertiary alicyclic amines) is 2. The van der Waals surface area contributed by atoms with E-state index in [0.717, 1.165) is 69.7 Å². The van der Waals surface area contributed by atoms with Crippen molar-refractivity contribution in [2.45, 2.75) is 44.6 Å². The number of piperidine rings is 2. The Kier molecular flexibility index (Phi) is 8.41. The van der Waals surface area contributed by atoms with Gasteiger partial charge in [-0.3, -0.25) is 4.79 Å². The van der Waals surface area contributed by atoms with Crippen LogP contribution in [0, 0.1) is 12.8 Å². The Hall–Kier alpha value is -2.63. The van der Waals surface area contributed by atoms with E-state index in [9.17, 15) is 9.90 Å². The molecule has 2 aliphatic heterocycles. The first-order valence-electron chi connectivity index (χ1n) is 12.6. The molecule has 2 aliphatic rings. The van der Waals surface area contributed by atoms with Crippen LogP contribution in [0.3, 0.4) is 0 Å². The van der Waals surface area contributed by atoms with Crippen LogP contribution in [0.5, 0.6) is 5.75 Å². The molecule has 5 heteroatoms. The standard InChI is InChI=1S/C29H38N2O3/c1-22-3-5-23(6-4-22)7-12-29(33)31-19-15-26(16-20-31)28(32)21-30-17-13-25(14-18-30)24-8-10-27(34-2)11-9-24/h3-12,25-26,28,32H,13-21H2,1-2H3/b12-7+. The second-order valence-electron chi connectivity index (χ2n) is 9.82. The lowest BCUT2D eigenvalue weighted by atomic mass is 9.88. The fraction of sp³-hybridized carbons (Fsp3) is 0.483. The summed E-state index contributed by atoms with van der Waals surface area (Å²) in [6, 6.07) is 16.6. The molecule has 2 fully saturated rings. The quantitative estimate of drug-likeness (QED) is 0.616. The van der Waals surface area contributed by atoms with Gasteiger partial charge in [0, 0.05) is 25.7 Å². The number of ether oxygens (including phenoxy) is 1. The number of carbonyl (C=O) groups excluding carboxylic acids is 1. The van der Waals surface area contributed by atoms with E-state index in [1.54, 1.807) is 13.2 Å². The summed E-state index contributed by atoms with van der Waals surface area (Å²) in [7, 11) is 1.70. The third kappa shape index (κ3) is 6.49. The van der Waals surface area contributed by atoms with Gasteiger partial charge in [0.05, 0.1) is 13.2 Å². The number of aryl methyl sites for hydroxylation is 1. The van der Waals surface area contributed by atoms with Crippen molar-refractivity contribution in [3.05, 3.63) is 71.3 Å². The highest BCUT2D eigenvalue weighted by atomic mass is 16.5. The largest absolute Gasteiger partial charge is 0.497 e. The second kappa shape index (κ2) is 11.7. The average Bonchev–Trinajstić information content (AvgIpc) is 2.89. The Morgan fingerprint density at radius 3 is 2.26 bits per heavy atom. The maximum absolute atomic E-state index is 12.6. The number of aliphatic hydroxyl groups excluding tert-OH is 1. The summed E-state index contributed by atoms with van der Waals surface area (Å²) in [4.78, 5) is 16.9. The zero-order valence-electron chi connectivity index (χ0n) is 20.5. The van der Waals surface area contributed by atoms with Gasteiger partial charge in [-0.1, -0.05) is 42.0 Å². The summed E-state index contributed by atoms with van der Waals surface area (Å²) in [6.45, 7) is 6.28. The molecule has 0 spiro atoms. The van der Waals surface area contributed by atoms with Crippen LogP contribution >= 0.6 is 0 Å². The molecule has 1 N–H and O–H groups in total. The van der Waals surface area contributed by atoms with Crippen molar-refractivity contribution < 1.29 is 14.6 Å². The monoisotopic (exact) mass is 462 g/mol. The number of rotatable bonds is 7. The van der Waals surface area contributed by atoms with Gasteiger partial charge in [0.25, 0.3) is 0 Å². The molecule has 4 rings (SSSR count). The van der Waals surface area contributed by atoms with E-state index in [1.165, 1.54) is 11.1 Å². The first kappa shape index (κ1) is 24.5. The van der Waals surface area contributed by atoms with Gasteiger partial charge in [-0.15, -0.1) is 0 Å². The van der Waals surface area contributed by atoms with Crippen molar-refractivity contribution >= 4 is 12.0 Å². The van der Waals surface area contributed by atoms with Crippen LogP contribution in [0.4, 0.5) is 0 Å². The maximum Gasteiger partial charge on any atom is 0.246 e. The summed E-state index contributed by atoms with van der Waals surface area (Å²) >= 11 is 0. The zero-order chi connectivity index (χ0) is 23.9. The van der Waals surface area contributed by atoms with E-state index < -0.39 is 0 Å². The van der Waals surface area contributed by atoms with Crippen LogP contribution in [-0.4, -0.2) is 66.8 Å². The van der Waals surface area contributed by atoms with Gasteiger partial charge in [-0.05, 0) is 86.9 Å². The van der Waals surface area contributed by atoms with E-state index in [1.807, 2.05) is 35.2 Å². The Labute approximate surface area is 204 Å². The smallest absolute Gasteiger partial charge is 0.246 e. The number of carbonyl (C=O) groups is 1. The molecule has 2 saturated heterocycles. The number of nitrogens with zero attached hydrogens (tertiary/aromatic N) is 2. The minimum atomic E-state index is -0.321. The normalized spacial score (nSPS) is 19.4. The van der Waals surface area contributed by atoms with E-state index in [4.69, 9.17) is 4.74 Å². The number of aliphatic hydroxyl groups is 1. The number of hydrogen-bond acceptors (Lipinski definition) is 4. The molecule has 0 radical (unpaired) electrons. The van der Waals surface area contributed by atoms with Crippen LogP contribution in [0.1, 0.15) is 48.3 Å². The topological polar surface area (TPSA) is 53.0 Å². The molecule has 34 heavy (non-hydrogen) atoms. The second-order valence-corrected chi connectivity index (χ2v) is 9.82. The fourth-order valence-corrected chi connectivity index (χ4v) is 5.19. The molecule has 2 aromatic carbocycles. The van der Waals surface area contributed by atoms with E-state index >= 15 is 0 Å². The lowest BCUT2D eigenvalue weighted by Gasteiger charge is -2.38. The molecular weight excluding hydrogens is 424 g/mol. The van der Waals surface area contributed by atoms with Crippen molar-refractivity contribution in [3.8, 4) is 5.75 Å². The first-order valence-corrected chi connectivity index (χ1v) is 12.6. The minimum absolute atomic E-state index is 0.0640. The van der Waals surface area contributed by atoms with Gasteiger partial charge in [0.15, 0.2) is 0 Å². The highest BCUT2D eigenvalue weighted by Crippen LogP contribution is 2.30. The zero-order valence-corrected chi connectivity index (χ0v) is 20.5. The van der Waals surface area contributed by atoms with Crippen LogP contribution in [0.25, 0.3) is 6.08 Å². The molecule has 0 aliphatic carbocycles. The van der Waals surface area contributed by atoms with Gasteiger partial charge in [0.2, 0.25) is 5.91 Å². The average molecular weight is 463 g/mol. The molecule has 0 aromatic heterocycles. The molecule has 1 unspecified atom stereocenters. The van der Waals surface area contributed by atoms with Crippen LogP contribution in [0.2, 0.25) is 0 Å². The third-order valence-corrected chi connectivity index (χ3v) is 7.51. The van der Waals surface area contributed by atoms with Crippen LogP contribution < -0.4 is 4.74 Å². The molecular formula is C29H38N2O3. The molecule has 1 amide bonds. The van der Waals surface area contributed by atoms with Crippen molar-refractivity contribution in [1.29, 1.82) is 0 Å². The highest BCUT2D eigenvalue weighted by Gasteiger charge is 2.29. The van der Waals surface area contributed by atoms with Gasteiger partial charge >= 0.3 is 0 Å². The van der Waals surface area contributed by atoms with Crippen LogP contribution in [0.15, 0.2) is 54.6 Å². The highest BCUT2D eigenvalue weighted by molar-refractivity contribution is 5.91. The maximum atomic E-state index is 12.6. The summed E-state index contributed by atoms with van der Waals surface area (Å²) in [6.07, 6.45) is 7.23. The van der Waals surface area contributed by atoms with Gasteiger partial charge in [0.1, 0.15) is 5.75 Å². The molecule has 0 bridgehead atoms. The number of β-amino-alcohol motifs (C(OH)–C–C–N with tert-alkyl or cyclic N) is 1. The van der Waals surface area contributed by atoms with Crippen molar-refractivity contribution in [2.24, 2.45) is 5.92 Å². The molecule has 182 valence electrons. The van der Waals surface area contributed by atoms with Gasteiger partial charge in [-0.25, -0.2) is 0 Å². The predicted octanol–water partition coefficient (Wildman–Crippen LogP) is 4.50. The predicted molar refractivity (Wildman–Crippen MR) is 137 cm³/mol. The first-order chi connectivity index (χ1) is 16.5. The number of hydrogen-bond donors (Lipinski definition) is 1. The SMILES string of the molecule is COc1ccc(C2CCN(CC(O)C3CCN(C(=O)/C=C/c4ccc(C)cc4)CC3)CC2)cc1.